The van der Waals surface area contributed by atoms with E-state index < -0.39 is 0 Å². The van der Waals surface area contributed by atoms with Crippen LogP contribution in [0.4, 0.5) is 0 Å². The maximum atomic E-state index is 5.56. The molecule has 0 bridgehead atoms. The predicted molar refractivity (Wildman–Crippen MR) is 131 cm³/mol. The van der Waals surface area contributed by atoms with Gasteiger partial charge in [0.2, 0.25) is 0 Å². The van der Waals surface area contributed by atoms with Crippen LogP contribution in [0.25, 0.3) is 0 Å². The lowest BCUT2D eigenvalue weighted by Gasteiger charge is -2.40. The van der Waals surface area contributed by atoms with Gasteiger partial charge >= 0.3 is 0 Å². The van der Waals surface area contributed by atoms with Gasteiger partial charge in [-0.25, -0.2) is 4.98 Å². The van der Waals surface area contributed by atoms with Crippen LogP contribution in [0, 0.1) is 13.8 Å². The van der Waals surface area contributed by atoms with E-state index in [9.17, 15) is 0 Å². The zero-order chi connectivity index (χ0) is 20.4. The average Bonchev–Trinajstić information content (AvgIpc) is 3.12. The van der Waals surface area contributed by atoms with Crippen molar-refractivity contribution in [2.75, 3.05) is 34.4 Å². The number of hydrogen-bond donors (Lipinski definition) is 0. The van der Waals surface area contributed by atoms with Crippen molar-refractivity contribution in [1.29, 1.82) is 0 Å². The van der Waals surface area contributed by atoms with Crippen LogP contribution in [0.15, 0.2) is 18.2 Å². The molecule has 150 valence electrons. The molecule has 1 aromatic carbocycles. The summed E-state index contributed by atoms with van der Waals surface area (Å²) in [4.78, 5) is 8.66. The van der Waals surface area contributed by atoms with E-state index in [0.29, 0.717) is 0 Å². The smallest absolute Gasteiger partial charge is 0.161 e. The van der Waals surface area contributed by atoms with E-state index in [1.54, 1.807) is 25.6 Å². The molecule has 0 saturated carbocycles. The Labute approximate surface area is 190 Å². The molecule has 7 heteroatoms. The summed E-state index contributed by atoms with van der Waals surface area (Å²) in [5.74, 6) is 1.55. The maximum absolute atomic E-state index is 5.56. The fraction of sp³-hybridized carbons (Fsp3) is 0.550. The lowest BCUT2D eigenvalue weighted by Crippen LogP contribution is -2.44. The quantitative estimate of drug-likeness (QED) is 0.414. The van der Waals surface area contributed by atoms with E-state index in [2.05, 4.69) is 89.0 Å². The highest BCUT2D eigenvalue weighted by Gasteiger charge is 2.54. The third kappa shape index (κ3) is 4.11. The Morgan fingerprint density at radius 2 is 1.63 bits per heavy atom. The van der Waals surface area contributed by atoms with Gasteiger partial charge in [-0.05, 0) is 38.6 Å². The number of rotatable bonds is 4. The molecule has 1 saturated heterocycles. The fourth-order valence-electron chi connectivity index (χ4n) is 4.45. The Bertz CT molecular complexity index is 798. The molecule has 1 aliphatic rings. The number of aromatic nitrogens is 1. The maximum Gasteiger partial charge on any atom is 0.161 e. The van der Waals surface area contributed by atoms with Crippen LogP contribution >= 0.6 is 48.6 Å². The summed E-state index contributed by atoms with van der Waals surface area (Å²) >= 11 is 6.03. The molecule has 0 amide bonds. The highest BCUT2D eigenvalue weighted by Crippen LogP contribution is 2.51. The van der Waals surface area contributed by atoms with Gasteiger partial charge in [0.1, 0.15) is 0 Å². The first-order valence-corrected chi connectivity index (χ1v) is 15.9. The predicted octanol–water partition coefficient (Wildman–Crippen LogP) is 5.71. The van der Waals surface area contributed by atoms with Crippen molar-refractivity contribution in [2.45, 2.75) is 38.5 Å². The number of benzene rings is 1. The van der Waals surface area contributed by atoms with Crippen molar-refractivity contribution in [3.63, 3.8) is 0 Å². The number of ether oxygens (including phenoxy) is 2. The minimum atomic E-state index is -0.0629. The van der Waals surface area contributed by atoms with Crippen molar-refractivity contribution in [2.24, 2.45) is 0 Å². The molecule has 2 unspecified atom stereocenters. The van der Waals surface area contributed by atoms with Gasteiger partial charge in [0, 0.05) is 66.0 Å². The lowest BCUT2D eigenvalue weighted by atomic mass is 9.62. The molecule has 0 radical (unpaired) electrons. The van der Waals surface area contributed by atoms with Gasteiger partial charge in [0.15, 0.2) is 11.5 Å². The zero-order valence-corrected chi connectivity index (χ0v) is 22.2. The summed E-state index contributed by atoms with van der Waals surface area (Å²) in [7, 11) is 5.56. The molecule has 0 N–H and O–H groups in total. The largest absolute Gasteiger partial charge is 0.493 e. The first-order chi connectivity index (χ1) is 12.7. The minimum absolute atomic E-state index is 0.0593. The molecule has 0 aliphatic carbocycles. The summed E-state index contributed by atoms with van der Waals surface area (Å²) in [5, 5.41) is 1.14. The van der Waals surface area contributed by atoms with Crippen molar-refractivity contribution < 1.29 is 9.47 Å². The average molecular weight is 614 g/mol. The Morgan fingerprint density at radius 3 is 2.15 bits per heavy atom. The number of halogens is 2. The van der Waals surface area contributed by atoms with Gasteiger partial charge in [-0.1, -0.05) is 19.9 Å². The molecular formula is C20H28I2N2O2S. The van der Waals surface area contributed by atoms with E-state index in [1.165, 1.54) is 16.1 Å². The van der Waals surface area contributed by atoms with Gasteiger partial charge in [-0.15, -0.1) is 11.3 Å². The van der Waals surface area contributed by atoms with Crippen LogP contribution in [0.3, 0.4) is 0 Å². The molecular weight excluding hydrogens is 586 g/mol. The topological polar surface area (TPSA) is 34.6 Å². The molecule has 2 aromatic rings. The second kappa shape index (κ2) is 9.13. The Balaban J connectivity index is 0.00000126. The number of likely N-dealkylation sites (tertiary alicyclic amines) is 1. The number of thiazole rings is 1. The summed E-state index contributed by atoms with van der Waals surface area (Å²) < 4.78 is 11.0. The molecule has 3 rings (SSSR count). The Morgan fingerprint density at radius 1 is 1.04 bits per heavy atom. The molecule has 27 heavy (non-hydrogen) atoms. The van der Waals surface area contributed by atoms with Gasteiger partial charge in [0.05, 0.1) is 24.9 Å². The molecule has 2 heterocycles. The van der Waals surface area contributed by atoms with E-state index in [-0.39, 0.29) is 10.8 Å². The number of nitrogens with zero attached hydrogens (tertiary/aromatic N) is 2. The normalized spacial score (nSPS) is 25.1. The van der Waals surface area contributed by atoms with Gasteiger partial charge in [-0.2, -0.15) is 0 Å². The SMILES string of the molecule is COc1ccc(C2(C)CN(C)CC2(C)c2nc(C)sc2C)cc1OC.II. The van der Waals surface area contributed by atoms with E-state index in [1.807, 2.05) is 6.07 Å². The lowest BCUT2D eigenvalue weighted by molar-refractivity contribution is 0.319. The third-order valence-electron chi connectivity index (χ3n) is 5.84. The van der Waals surface area contributed by atoms with Crippen LogP contribution in [-0.4, -0.2) is 44.2 Å². The molecule has 0 spiro atoms. The van der Waals surface area contributed by atoms with Crippen molar-refractivity contribution in [3.05, 3.63) is 39.3 Å². The third-order valence-corrected chi connectivity index (χ3v) is 6.72. The molecule has 1 aliphatic heterocycles. The number of methoxy groups -OCH3 is 2. The number of aryl methyl sites for hydroxylation is 2. The van der Waals surface area contributed by atoms with Crippen LogP contribution in [0.5, 0.6) is 11.5 Å². The highest BCUT2D eigenvalue weighted by atomic mass is 128. The van der Waals surface area contributed by atoms with Crippen LogP contribution in [0.1, 0.15) is 35.0 Å². The first-order valence-electron chi connectivity index (χ1n) is 8.75. The number of hydrogen-bond acceptors (Lipinski definition) is 5. The summed E-state index contributed by atoms with van der Waals surface area (Å²) in [6, 6.07) is 6.31. The second-order valence-corrected chi connectivity index (χ2v) is 8.95. The molecule has 2 atom stereocenters. The van der Waals surface area contributed by atoms with E-state index in [0.717, 1.165) is 29.6 Å². The van der Waals surface area contributed by atoms with Gasteiger partial charge < -0.3 is 14.4 Å². The summed E-state index contributed by atoms with van der Waals surface area (Å²) in [5.41, 5.74) is 2.38. The Hall–Kier alpha value is -0.130. The molecule has 1 fully saturated rings. The van der Waals surface area contributed by atoms with Gasteiger partial charge in [0.25, 0.3) is 0 Å². The van der Waals surface area contributed by atoms with Crippen molar-refractivity contribution in [3.8, 4) is 11.5 Å². The molecule has 4 nitrogen and oxygen atoms in total. The van der Waals surface area contributed by atoms with Crippen LogP contribution < -0.4 is 9.47 Å². The van der Waals surface area contributed by atoms with Crippen molar-refractivity contribution >= 4 is 48.6 Å². The zero-order valence-electron chi connectivity index (χ0n) is 17.0. The number of likely N-dealkylation sites (N-methyl/N-ethyl adjacent to an activating group) is 1. The van der Waals surface area contributed by atoms with E-state index >= 15 is 0 Å². The van der Waals surface area contributed by atoms with E-state index in [4.69, 9.17) is 14.5 Å². The highest BCUT2D eigenvalue weighted by molar-refractivity contribution is 15.0. The van der Waals surface area contributed by atoms with Crippen LogP contribution in [0.2, 0.25) is 0 Å². The second-order valence-electron chi connectivity index (χ2n) is 7.54. The van der Waals surface area contributed by atoms with Crippen LogP contribution in [-0.2, 0) is 10.8 Å². The standard InChI is InChI=1S/C20H28N2O2S.I2/c1-13-18(21-14(2)25-13)20(4)12-22(5)11-19(20,3)15-8-9-16(23-6)17(10-15)24-7;1-2/h8-10H,11-12H2,1-7H3;. The fourth-order valence-corrected chi connectivity index (χ4v) is 5.40. The monoisotopic (exact) mass is 614 g/mol. The minimum Gasteiger partial charge on any atom is -0.493 e. The molecule has 1 aromatic heterocycles. The first kappa shape index (κ1) is 23.2. The summed E-state index contributed by atoms with van der Waals surface area (Å²) in [6.07, 6.45) is 0. The summed E-state index contributed by atoms with van der Waals surface area (Å²) in [6.45, 7) is 11.0. The Kier molecular flexibility index (Phi) is 7.83. The van der Waals surface area contributed by atoms with Crippen molar-refractivity contribution in [1.82, 2.24) is 9.88 Å². The van der Waals surface area contributed by atoms with Gasteiger partial charge in [-0.3, -0.25) is 0 Å².